The fourth-order valence-corrected chi connectivity index (χ4v) is 6.89. The minimum atomic E-state index is -0.765. The molecule has 54 heavy (non-hydrogen) atoms. The molecule has 0 rings (SSSR count). The van der Waals surface area contributed by atoms with Crippen molar-refractivity contribution in [3.05, 3.63) is 12.2 Å². The van der Waals surface area contributed by atoms with Gasteiger partial charge in [-0.1, -0.05) is 213 Å². The molecule has 0 aliphatic heterocycles. The molecular weight excluding hydrogens is 673 g/mol. The smallest absolute Gasteiger partial charge is 0.306 e. The Balaban J connectivity index is 4.33. The van der Waals surface area contributed by atoms with Gasteiger partial charge in [0.05, 0.1) is 0 Å². The van der Waals surface area contributed by atoms with Crippen molar-refractivity contribution in [2.45, 2.75) is 264 Å². The van der Waals surface area contributed by atoms with E-state index in [2.05, 4.69) is 32.9 Å². The fourth-order valence-electron chi connectivity index (χ4n) is 6.89. The lowest BCUT2D eigenvalue weighted by Crippen LogP contribution is -2.30. The van der Waals surface area contributed by atoms with Gasteiger partial charge < -0.3 is 14.2 Å². The van der Waals surface area contributed by atoms with E-state index >= 15 is 0 Å². The predicted octanol–water partition coefficient (Wildman–Crippen LogP) is 15.0. The summed E-state index contributed by atoms with van der Waals surface area (Å²) >= 11 is 0. The molecule has 0 aromatic carbocycles. The summed E-state index contributed by atoms with van der Waals surface area (Å²) in [4.78, 5) is 37.7. The van der Waals surface area contributed by atoms with E-state index < -0.39 is 6.10 Å². The van der Waals surface area contributed by atoms with Crippen LogP contribution in [0.1, 0.15) is 258 Å². The molecule has 318 valence electrons. The molecule has 1 unspecified atom stereocenters. The van der Waals surface area contributed by atoms with Crippen LogP contribution in [-0.4, -0.2) is 37.2 Å². The SMILES string of the molecule is CCCC/C=C\CCCCCCC(=O)OCC(COC(=O)CCCCCCCCCCCCCCC)OC(=O)CCCCCCCCCCCCCCC. The van der Waals surface area contributed by atoms with Crippen LogP contribution >= 0.6 is 0 Å². The first-order chi connectivity index (χ1) is 26.5. The number of ether oxygens (including phenoxy) is 3. The topological polar surface area (TPSA) is 78.9 Å². The largest absolute Gasteiger partial charge is 0.462 e. The summed E-state index contributed by atoms with van der Waals surface area (Å²) in [6, 6.07) is 0. The number of unbranched alkanes of at least 4 members (excludes halogenated alkanes) is 30. The van der Waals surface area contributed by atoms with Crippen LogP contribution in [0.15, 0.2) is 12.2 Å². The minimum Gasteiger partial charge on any atom is -0.462 e. The summed E-state index contributed by atoms with van der Waals surface area (Å²) in [5, 5.41) is 0. The number of hydrogen-bond acceptors (Lipinski definition) is 6. The van der Waals surface area contributed by atoms with Crippen molar-refractivity contribution in [2.24, 2.45) is 0 Å². The van der Waals surface area contributed by atoms with Gasteiger partial charge >= 0.3 is 17.9 Å². The molecule has 0 aromatic rings. The lowest BCUT2D eigenvalue weighted by atomic mass is 10.0. The van der Waals surface area contributed by atoms with Crippen molar-refractivity contribution in [3.8, 4) is 0 Å². The zero-order chi connectivity index (χ0) is 39.4. The van der Waals surface area contributed by atoms with Crippen molar-refractivity contribution in [1.29, 1.82) is 0 Å². The van der Waals surface area contributed by atoms with Crippen LogP contribution in [0.5, 0.6) is 0 Å². The standard InChI is InChI=1S/C48H90O6/c1-4-7-10-13-16-19-22-24-26-29-32-35-38-41-47(50)53-44-45(43-52-46(49)40-37-34-31-28-21-18-15-12-9-6-3)54-48(51)42-39-36-33-30-27-25-23-20-17-14-11-8-5-2/h15,18,45H,4-14,16-17,19-44H2,1-3H3/b18-15-. The number of carbonyl (C=O) groups excluding carboxylic acids is 3. The van der Waals surface area contributed by atoms with Gasteiger partial charge in [0.15, 0.2) is 6.10 Å². The fraction of sp³-hybridized carbons (Fsp3) is 0.896. The molecule has 6 nitrogen and oxygen atoms in total. The van der Waals surface area contributed by atoms with Gasteiger partial charge in [-0.2, -0.15) is 0 Å². The average molecular weight is 763 g/mol. The van der Waals surface area contributed by atoms with Gasteiger partial charge in [-0.15, -0.1) is 0 Å². The molecule has 6 heteroatoms. The van der Waals surface area contributed by atoms with Gasteiger partial charge in [-0.05, 0) is 38.5 Å². The van der Waals surface area contributed by atoms with Gasteiger partial charge in [0.1, 0.15) is 13.2 Å². The van der Waals surface area contributed by atoms with E-state index in [9.17, 15) is 14.4 Å². The van der Waals surface area contributed by atoms with Gasteiger partial charge in [0.25, 0.3) is 0 Å². The average Bonchev–Trinajstić information content (AvgIpc) is 3.17. The van der Waals surface area contributed by atoms with E-state index in [1.165, 1.54) is 141 Å². The third kappa shape index (κ3) is 41.3. The molecular formula is C48H90O6. The Bertz CT molecular complexity index is 839. The van der Waals surface area contributed by atoms with Crippen LogP contribution in [0.2, 0.25) is 0 Å². The van der Waals surface area contributed by atoms with Gasteiger partial charge in [-0.3, -0.25) is 14.4 Å². The molecule has 0 aliphatic rings. The second kappa shape index (κ2) is 43.9. The molecule has 1 atom stereocenters. The molecule has 0 spiro atoms. The maximum atomic E-state index is 12.7. The van der Waals surface area contributed by atoms with E-state index in [0.29, 0.717) is 19.3 Å². The highest BCUT2D eigenvalue weighted by Gasteiger charge is 2.19. The van der Waals surface area contributed by atoms with Crippen molar-refractivity contribution in [3.63, 3.8) is 0 Å². The molecule has 0 amide bonds. The molecule has 0 heterocycles. The van der Waals surface area contributed by atoms with Crippen molar-refractivity contribution in [1.82, 2.24) is 0 Å². The van der Waals surface area contributed by atoms with Gasteiger partial charge in [0.2, 0.25) is 0 Å². The van der Waals surface area contributed by atoms with Crippen LogP contribution in [0.4, 0.5) is 0 Å². The minimum absolute atomic E-state index is 0.0688. The monoisotopic (exact) mass is 763 g/mol. The normalized spacial score (nSPS) is 12.0. The Labute approximate surface area is 335 Å². The summed E-state index contributed by atoms with van der Waals surface area (Å²) in [5.41, 5.74) is 0. The number of allylic oxidation sites excluding steroid dienone is 2. The number of esters is 3. The maximum Gasteiger partial charge on any atom is 0.306 e. The van der Waals surface area contributed by atoms with E-state index in [1.54, 1.807) is 0 Å². The first kappa shape index (κ1) is 52.2. The van der Waals surface area contributed by atoms with Crippen molar-refractivity contribution in [2.75, 3.05) is 13.2 Å². The lowest BCUT2D eigenvalue weighted by Gasteiger charge is -2.18. The highest BCUT2D eigenvalue weighted by atomic mass is 16.6. The van der Waals surface area contributed by atoms with E-state index in [4.69, 9.17) is 14.2 Å². The van der Waals surface area contributed by atoms with Gasteiger partial charge in [-0.25, -0.2) is 0 Å². The van der Waals surface area contributed by atoms with E-state index in [1.807, 2.05) is 0 Å². The zero-order valence-corrected chi connectivity index (χ0v) is 36.3. The van der Waals surface area contributed by atoms with E-state index in [0.717, 1.165) is 77.0 Å². The van der Waals surface area contributed by atoms with Crippen molar-refractivity contribution >= 4 is 17.9 Å². The summed E-state index contributed by atoms with van der Waals surface area (Å²) < 4.78 is 16.7. The summed E-state index contributed by atoms with van der Waals surface area (Å²) in [6.45, 7) is 6.60. The Morgan fingerprint density at radius 3 is 0.981 bits per heavy atom. The third-order valence-electron chi connectivity index (χ3n) is 10.5. The molecule has 0 saturated carbocycles. The number of carbonyl (C=O) groups is 3. The molecule has 0 saturated heterocycles. The first-order valence-electron chi connectivity index (χ1n) is 23.7. The third-order valence-corrected chi connectivity index (χ3v) is 10.5. The maximum absolute atomic E-state index is 12.7. The Kier molecular flexibility index (Phi) is 42.4. The molecule has 0 bridgehead atoms. The highest BCUT2D eigenvalue weighted by Crippen LogP contribution is 2.16. The predicted molar refractivity (Wildman–Crippen MR) is 229 cm³/mol. The highest BCUT2D eigenvalue weighted by molar-refractivity contribution is 5.71. The summed E-state index contributed by atoms with van der Waals surface area (Å²) in [7, 11) is 0. The Morgan fingerprint density at radius 1 is 0.352 bits per heavy atom. The second-order valence-corrected chi connectivity index (χ2v) is 16.0. The van der Waals surface area contributed by atoms with Gasteiger partial charge in [0, 0.05) is 19.3 Å². The first-order valence-corrected chi connectivity index (χ1v) is 23.7. The molecule has 0 radical (unpaired) electrons. The lowest BCUT2D eigenvalue weighted by molar-refractivity contribution is -0.167. The molecule has 0 aromatic heterocycles. The Hall–Kier alpha value is -1.85. The summed E-state index contributed by atoms with van der Waals surface area (Å²) in [6.07, 6.45) is 46.2. The second-order valence-electron chi connectivity index (χ2n) is 16.0. The molecule has 0 fully saturated rings. The summed E-state index contributed by atoms with van der Waals surface area (Å²) in [5.74, 6) is -0.872. The van der Waals surface area contributed by atoms with Crippen molar-refractivity contribution < 1.29 is 28.6 Å². The van der Waals surface area contributed by atoms with Crippen LogP contribution in [-0.2, 0) is 28.6 Å². The van der Waals surface area contributed by atoms with Crippen LogP contribution in [0.3, 0.4) is 0 Å². The van der Waals surface area contributed by atoms with Crippen LogP contribution in [0, 0.1) is 0 Å². The molecule has 0 N–H and O–H groups in total. The van der Waals surface area contributed by atoms with Crippen LogP contribution in [0.25, 0.3) is 0 Å². The Morgan fingerprint density at radius 2 is 0.630 bits per heavy atom. The van der Waals surface area contributed by atoms with E-state index in [-0.39, 0.29) is 31.1 Å². The van der Waals surface area contributed by atoms with Crippen LogP contribution < -0.4 is 0 Å². The molecule has 0 aliphatic carbocycles. The number of rotatable bonds is 43. The number of hydrogen-bond donors (Lipinski definition) is 0. The quantitative estimate of drug-likeness (QED) is 0.0266. The zero-order valence-electron chi connectivity index (χ0n) is 36.3.